The van der Waals surface area contributed by atoms with E-state index in [1.807, 2.05) is 51.1 Å². The summed E-state index contributed by atoms with van der Waals surface area (Å²) in [6, 6.07) is 11.0. The molecule has 0 bridgehead atoms. The van der Waals surface area contributed by atoms with Crippen LogP contribution in [0, 0.1) is 0 Å². The third-order valence-electron chi connectivity index (χ3n) is 3.67. The van der Waals surface area contributed by atoms with Crippen LogP contribution in [0.2, 0.25) is 0 Å². The summed E-state index contributed by atoms with van der Waals surface area (Å²) in [6.07, 6.45) is 0. The van der Waals surface area contributed by atoms with E-state index in [1.54, 1.807) is 20.3 Å². The van der Waals surface area contributed by atoms with Crippen molar-refractivity contribution in [2.24, 2.45) is 0 Å². The number of ether oxygens (including phenoxy) is 2. The molecule has 1 aromatic carbocycles. The lowest BCUT2D eigenvalue weighted by molar-refractivity contribution is 0.0935. The monoisotopic (exact) mass is 343 g/mol. The van der Waals surface area contributed by atoms with Crippen LogP contribution in [0.3, 0.4) is 0 Å². The predicted octanol–water partition coefficient (Wildman–Crippen LogP) is 3.41. The summed E-state index contributed by atoms with van der Waals surface area (Å²) in [4.78, 5) is 16.8. The number of carbonyl (C=O) groups excluding carboxylic acids is 1. The molecule has 2 aromatic rings. The first-order chi connectivity index (χ1) is 11.9. The van der Waals surface area contributed by atoms with E-state index in [2.05, 4.69) is 15.6 Å². The largest absolute Gasteiger partial charge is 0.493 e. The first-order valence-electron chi connectivity index (χ1n) is 8.21. The zero-order chi connectivity index (χ0) is 18.4. The van der Waals surface area contributed by atoms with Gasteiger partial charge in [-0.1, -0.05) is 12.1 Å². The Hall–Kier alpha value is -2.76. The molecule has 2 N–H and O–H groups in total. The van der Waals surface area contributed by atoms with Crippen LogP contribution in [0.1, 0.15) is 42.9 Å². The summed E-state index contributed by atoms with van der Waals surface area (Å²) in [5, 5.41) is 6.15. The minimum Gasteiger partial charge on any atom is -0.493 e. The Balaban J connectivity index is 2.12. The van der Waals surface area contributed by atoms with E-state index >= 15 is 0 Å². The number of hydrogen-bond donors (Lipinski definition) is 2. The molecule has 1 atom stereocenters. The highest BCUT2D eigenvalue weighted by Gasteiger charge is 2.15. The lowest BCUT2D eigenvalue weighted by atomic mass is 10.1. The molecule has 1 unspecified atom stereocenters. The minimum absolute atomic E-state index is 0.198. The van der Waals surface area contributed by atoms with Crippen molar-refractivity contribution in [2.45, 2.75) is 32.9 Å². The Bertz CT molecular complexity index is 732. The Kier molecular flexibility index (Phi) is 6.22. The molecule has 0 aliphatic heterocycles. The van der Waals surface area contributed by atoms with Gasteiger partial charge in [-0.3, -0.25) is 4.79 Å². The van der Waals surface area contributed by atoms with Gasteiger partial charge in [-0.25, -0.2) is 4.98 Å². The molecule has 0 saturated carbocycles. The van der Waals surface area contributed by atoms with Crippen LogP contribution in [0.25, 0.3) is 0 Å². The first kappa shape index (κ1) is 18.6. The normalized spacial score (nSPS) is 11.8. The molecule has 0 aliphatic carbocycles. The van der Waals surface area contributed by atoms with E-state index in [4.69, 9.17) is 9.47 Å². The van der Waals surface area contributed by atoms with Gasteiger partial charge in [0.1, 0.15) is 11.5 Å². The maximum Gasteiger partial charge on any atom is 0.270 e. The highest BCUT2D eigenvalue weighted by atomic mass is 16.5. The van der Waals surface area contributed by atoms with Gasteiger partial charge in [0.25, 0.3) is 5.91 Å². The van der Waals surface area contributed by atoms with Crippen molar-refractivity contribution < 1.29 is 14.3 Å². The molecule has 0 radical (unpaired) electrons. The Labute approximate surface area is 148 Å². The maximum absolute atomic E-state index is 12.5. The van der Waals surface area contributed by atoms with Crippen molar-refractivity contribution >= 4 is 11.7 Å². The molecule has 25 heavy (non-hydrogen) atoms. The number of aromatic nitrogens is 1. The smallest absolute Gasteiger partial charge is 0.270 e. The zero-order valence-electron chi connectivity index (χ0n) is 15.3. The van der Waals surface area contributed by atoms with E-state index < -0.39 is 0 Å². The van der Waals surface area contributed by atoms with Crippen LogP contribution < -0.4 is 20.1 Å². The Morgan fingerprint density at radius 1 is 1.04 bits per heavy atom. The van der Waals surface area contributed by atoms with Crippen LogP contribution in [-0.4, -0.2) is 31.2 Å². The Morgan fingerprint density at radius 2 is 1.76 bits per heavy atom. The fourth-order valence-electron chi connectivity index (χ4n) is 2.41. The second-order valence-electron chi connectivity index (χ2n) is 6.02. The third-order valence-corrected chi connectivity index (χ3v) is 3.67. The molecule has 2 rings (SSSR count). The summed E-state index contributed by atoms with van der Waals surface area (Å²) in [7, 11) is 3.18. The van der Waals surface area contributed by atoms with Crippen molar-refractivity contribution in [3.05, 3.63) is 47.7 Å². The number of amides is 1. The molecule has 0 saturated heterocycles. The van der Waals surface area contributed by atoms with Gasteiger partial charge in [0.15, 0.2) is 11.5 Å². The lowest BCUT2D eigenvalue weighted by Crippen LogP contribution is -2.27. The number of carbonyl (C=O) groups is 1. The summed E-state index contributed by atoms with van der Waals surface area (Å²) in [5.74, 6) is 1.73. The molecular weight excluding hydrogens is 318 g/mol. The number of hydrogen-bond acceptors (Lipinski definition) is 5. The molecule has 1 amide bonds. The lowest BCUT2D eigenvalue weighted by Gasteiger charge is -2.17. The highest BCUT2D eigenvalue weighted by Crippen LogP contribution is 2.29. The predicted molar refractivity (Wildman–Crippen MR) is 98.4 cm³/mol. The summed E-state index contributed by atoms with van der Waals surface area (Å²) in [6.45, 7) is 5.95. The van der Waals surface area contributed by atoms with Crippen molar-refractivity contribution in [3.63, 3.8) is 0 Å². The highest BCUT2D eigenvalue weighted by molar-refractivity contribution is 5.92. The summed E-state index contributed by atoms with van der Waals surface area (Å²) < 4.78 is 10.5. The molecule has 134 valence electrons. The zero-order valence-corrected chi connectivity index (χ0v) is 15.3. The van der Waals surface area contributed by atoms with Crippen LogP contribution >= 0.6 is 0 Å². The topological polar surface area (TPSA) is 72.5 Å². The summed E-state index contributed by atoms with van der Waals surface area (Å²) in [5.41, 5.74) is 1.29. The van der Waals surface area contributed by atoms with E-state index in [0.717, 1.165) is 5.56 Å². The van der Waals surface area contributed by atoms with Crippen molar-refractivity contribution in [2.75, 3.05) is 19.5 Å². The Morgan fingerprint density at radius 3 is 2.40 bits per heavy atom. The van der Waals surface area contributed by atoms with E-state index in [1.165, 1.54) is 0 Å². The number of nitrogens with one attached hydrogen (secondary N) is 2. The third kappa shape index (κ3) is 4.86. The minimum atomic E-state index is -0.227. The molecule has 0 spiro atoms. The number of methoxy groups -OCH3 is 2. The first-order valence-corrected chi connectivity index (χ1v) is 8.21. The number of anilines is 1. The standard InChI is InChI=1S/C19H25N3O3/c1-12(2)20-18-8-6-7-15(22-18)19(23)21-13(3)14-9-10-16(24-4)17(11-14)25-5/h6-13H,1-5H3,(H,20,22)(H,21,23). The average molecular weight is 343 g/mol. The van der Waals surface area contributed by atoms with Crippen molar-refractivity contribution in [1.29, 1.82) is 0 Å². The SMILES string of the molecule is COc1ccc(C(C)NC(=O)c2cccc(NC(C)C)n2)cc1OC. The van der Waals surface area contributed by atoms with Crippen LogP contribution in [0.15, 0.2) is 36.4 Å². The molecule has 6 heteroatoms. The van der Waals surface area contributed by atoms with Gasteiger partial charge in [0, 0.05) is 6.04 Å². The molecular formula is C19H25N3O3. The van der Waals surface area contributed by atoms with Gasteiger partial charge >= 0.3 is 0 Å². The van der Waals surface area contributed by atoms with E-state index in [9.17, 15) is 4.79 Å². The van der Waals surface area contributed by atoms with Crippen LogP contribution in [-0.2, 0) is 0 Å². The second-order valence-corrected chi connectivity index (χ2v) is 6.02. The molecule has 1 aromatic heterocycles. The van der Waals surface area contributed by atoms with Gasteiger partial charge in [-0.2, -0.15) is 0 Å². The maximum atomic E-state index is 12.5. The van der Waals surface area contributed by atoms with Gasteiger partial charge in [-0.05, 0) is 50.6 Å². The number of rotatable bonds is 7. The van der Waals surface area contributed by atoms with E-state index in [0.29, 0.717) is 23.0 Å². The molecule has 0 aliphatic rings. The molecule has 1 heterocycles. The van der Waals surface area contributed by atoms with Crippen LogP contribution in [0.4, 0.5) is 5.82 Å². The van der Waals surface area contributed by atoms with Gasteiger partial charge < -0.3 is 20.1 Å². The van der Waals surface area contributed by atoms with E-state index in [-0.39, 0.29) is 18.0 Å². The summed E-state index contributed by atoms with van der Waals surface area (Å²) >= 11 is 0. The number of pyridine rings is 1. The quantitative estimate of drug-likeness (QED) is 0.806. The molecule has 0 fully saturated rings. The van der Waals surface area contributed by atoms with Gasteiger partial charge in [0.2, 0.25) is 0 Å². The number of benzene rings is 1. The second kappa shape index (κ2) is 8.37. The van der Waals surface area contributed by atoms with Crippen molar-refractivity contribution in [3.8, 4) is 11.5 Å². The van der Waals surface area contributed by atoms with Crippen molar-refractivity contribution in [1.82, 2.24) is 10.3 Å². The molecule has 6 nitrogen and oxygen atoms in total. The number of nitrogens with zero attached hydrogens (tertiary/aromatic N) is 1. The fourth-order valence-corrected chi connectivity index (χ4v) is 2.41. The van der Waals surface area contributed by atoms with Crippen LogP contribution in [0.5, 0.6) is 11.5 Å². The fraction of sp³-hybridized carbons (Fsp3) is 0.368. The average Bonchev–Trinajstić information content (AvgIpc) is 2.60. The van der Waals surface area contributed by atoms with Gasteiger partial charge in [0.05, 0.1) is 20.3 Å². The van der Waals surface area contributed by atoms with Gasteiger partial charge in [-0.15, -0.1) is 0 Å².